The van der Waals surface area contributed by atoms with Crippen molar-refractivity contribution in [1.82, 2.24) is 5.32 Å². The van der Waals surface area contributed by atoms with Crippen LogP contribution in [0.5, 0.6) is 0 Å². The standard InChI is InChI=1S/C17H27NO/c1-13(14-7-4-2-3-5-8-14)18-16-9-6-10-17-15(16)11-12-19-17/h11-14,16,18H,2-10H2,1H3/t13-,16?/m1/s1. The summed E-state index contributed by atoms with van der Waals surface area (Å²) in [6.45, 7) is 2.39. The van der Waals surface area contributed by atoms with E-state index in [1.54, 1.807) is 0 Å². The molecule has 1 N–H and O–H groups in total. The fourth-order valence-electron chi connectivity index (χ4n) is 3.92. The van der Waals surface area contributed by atoms with Gasteiger partial charge in [0.15, 0.2) is 0 Å². The van der Waals surface area contributed by atoms with Crippen LogP contribution in [0, 0.1) is 5.92 Å². The van der Waals surface area contributed by atoms with E-state index in [1.807, 2.05) is 6.26 Å². The number of fused-ring (bicyclic) bond motifs is 1. The summed E-state index contributed by atoms with van der Waals surface area (Å²) in [5.41, 5.74) is 1.42. The lowest BCUT2D eigenvalue weighted by Crippen LogP contribution is -2.37. The summed E-state index contributed by atoms with van der Waals surface area (Å²) < 4.78 is 5.59. The molecule has 2 nitrogen and oxygen atoms in total. The maximum atomic E-state index is 5.59. The van der Waals surface area contributed by atoms with Crippen LogP contribution in [0.3, 0.4) is 0 Å². The minimum atomic E-state index is 0.528. The molecule has 2 aliphatic rings. The Morgan fingerprint density at radius 1 is 1.11 bits per heavy atom. The summed E-state index contributed by atoms with van der Waals surface area (Å²) in [6.07, 6.45) is 14.1. The van der Waals surface area contributed by atoms with Gasteiger partial charge in [0.25, 0.3) is 0 Å². The average Bonchev–Trinajstić information content (AvgIpc) is 2.73. The lowest BCUT2D eigenvalue weighted by atomic mass is 9.89. The SMILES string of the molecule is C[C@@H](NC1CCCc2occc21)C1CCCCCC1. The van der Waals surface area contributed by atoms with Crippen molar-refractivity contribution in [3.05, 3.63) is 23.7 Å². The second-order valence-corrected chi connectivity index (χ2v) is 6.45. The Bertz CT molecular complexity index is 390. The third kappa shape index (κ3) is 3.05. The van der Waals surface area contributed by atoms with Crippen LogP contribution in [-0.4, -0.2) is 6.04 Å². The topological polar surface area (TPSA) is 25.2 Å². The van der Waals surface area contributed by atoms with Gasteiger partial charge in [-0.25, -0.2) is 0 Å². The molecular formula is C17H27NO. The smallest absolute Gasteiger partial charge is 0.108 e. The fourth-order valence-corrected chi connectivity index (χ4v) is 3.92. The normalized spacial score (nSPS) is 26.7. The number of aryl methyl sites for hydroxylation is 1. The van der Waals surface area contributed by atoms with Crippen molar-refractivity contribution in [2.75, 3.05) is 0 Å². The van der Waals surface area contributed by atoms with Crippen molar-refractivity contribution in [2.24, 2.45) is 5.92 Å². The molecule has 1 aromatic heterocycles. The molecule has 3 rings (SSSR count). The Morgan fingerprint density at radius 2 is 1.89 bits per heavy atom. The van der Waals surface area contributed by atoms with E-state index in [1.165, 1.54) is 62.7 Å². The van der Waals surface area contributed by atoms with Crippen LogP contribution >= 0.6 is 0 Å². The largest absolute Gasteiger partial charge is 0.469 e. The van der Waals surface area contributed by atoms with Crippen LogP contribution in [0.15, 0.2) is 16.7 Å². The Hall–Kier alpha value is -0.760. The van der Waals surface area contributed by atoms with Gasteiger partial charge in [-0.2, -0.15) is 0 Å². The predicted octanol–water partition coefficient (Wildman–Crippen LogP) is 4.61. The van der Waals surface area contributed by atoms with Gasteiger partial charge < -0.3 is 9.73 Å². The van der Waals surface area contributed by atoms with Gasteiger partial charge >= 0.3 is 0 Å². The highest BCUT2D eigenvalue weighted by Crippen LogP contribution is 2.33. The summed E-state index contributed by atoms with van der Waals surface area (Å²) in [4.78, 5) is 0. The maximum absolute atomic E-state index is 5.59. The molecule has 2 heteroatoms. The Kier molecular flexibility index (Phi) is 4.27. The molecule has 0 radical (unpaired) electrons. The minimum absolute atomic E-state index is 0.528. The number of furan rings is 1. The summed E-state index contributed by atoms with van der Waals surface area (Å²) in [7, 11) is 0. The lowest BCUT2D eigenvalue weighted by molar-refractivity contribution is 0.292. The van der Waals surface area contributed by atoms with Crippen molar-refractivity contribution >= 4 is 0 Å². The highest BCUT2D eigenvalue weighted by molar-refractivity contribution is 5.24. The summed E-state index contributed by atoms with van der Waals surface area (Å²) >= 11 is 0. The van der Waals surface area contributed by atoms with Gasteiger partial charge in [0, 0.05) is 24.1 Å². The zero-order valence-electron chi connectivity index (χ0n) is 12.2. The van der Waals surface area contributed by atoms with Gasteiger partial charge in [0.1, 0.15) is 5.76 Å². The summed E-state index contributed by atoms with van der Waals surface area (Å²) in [5.74, 6) is 2.09. The van der Waals surface area contributed by atoms with E-state index in [4.69, 9.17) is 4.42 Å². The molecule has 0 aromatic carbocycles. The van der Waals surface area contributed by atoms with Crippen LogP contribution < -0.4 is 5.32 Å². The van der Waals surface area contributed by atoms with Gasteiger partial charge in [-0.15, -0.1) is 0 Å². The molecule has 0 aliphatic heterocycles. The van der Waals surface area contributed by atoms with Crippen molar-refractivity contribution in [3.8, 4) is 0 Å². The van der Waals surface area contributed by atoms with E-state index < -0.39 is 0 Å². The van der Waals surface area contributed by atoms with Crippen molar-refractivity contribution in [2.45, 2.75) is 76.8 Å². The van der Waals surface area contributed by atoms with Crippen LogP contribution in [0.2, 0.25) is 0 Å². The molecule has 1 fully saturated rings. The third-order valence-corrected chi connectivity index (χ3v) is 5.12. The molecule has 1 heterocycles. The van der Waals surface area contributed by atoms with Gasteiger partial charge in [-0.1, -0.05) is 25.7 Å². The number of hydrogen-bond donors (Lipinski definition) is 1. The first-order valence-electron chi connectivity index (χ1n) is 8.17. The monoisotopic (exact) mass is 261 g/mol. The molecule has 19 heavy (non-hydrogen) atoms. The number of nitrogens with one attached hydrogen (secondary N) is 1. The van der Waals surface area contributed by atoms with E-state index in [0.717, 1.165) is 12.3 Å². The third-order valence-electron chi connectivity index (χ3n) is 5.12. The highest BCUT2D eigenvalue weighted by Gasteiger charge is 2.26. The zero-order valence-corrected chi connectivity index (χ0v) is 12.2. The van der Waals surface area contributed by atoms with E-state index in [0.29, 0.717) is 12.1 Å². The zero-order chi connectivity index (χ0) is 13.1. The second-order valence-electron chi connectivity index (χ2n) is 6.45. The quantitative estimate of drug-likeness (QED) is 0.804. The van der Waals surface area contributed by atoms with E-state index >= 15 is 0 Å². The minimum Gasteiger partial charge on any atom is -0.469 e. The Morgan fingerprint density at radius 3 is 2.68 bits per heavy atom. The first kappa shape index (κ1) is 13.2. The Labute approximate surface area is 117 Å². The van der Waals surface area contributed by atoms with Gasteiger partial charge in [-0.05, 0) is 44.6 Å². The molecule has 0 spiro atoms. The first-order chi connectivity index (χ1) is 9.34. The van der Waals surface area contributed by atoms with Gasteiger partial charge in [-0.3, -0.25) is 0 Å². The van der Waals surface area contributed by atoms with E-state index in [-0.39, 0.29) is 0 Å². The predicted molar refractivity (Wildman–Crippen MR) is 78.2 cm³/mol. The van der Waals surface area contributed by atoms with Crippen molar-refractivity contribution in [3.63, 3.8) is 0 Å². The van der Waals surface area contributed by atoms with Gasteiger partial charge in [0.2, 0.25) is 0 Å². The lowest BCUT2D eigenvalue weighted by Gasteiger charge is -2.30. The number of hydrogen-bond acceptors (Lipinski definition) is 2. The van der Waals surface area contributed by atoms with Crippen molar-refractivity contribution in [1.29, 1.82) is 0 Å². The molecule has 106 valence electrons. The fraction of sp³-hybridized carbons (Fsp3) is 0.765. The van der Waals surface area contributed by atoms with E-state index in [9.17, 15) is 0 Å². The molecule has 0 amide bonds. The highest BCUT2D eigenvalue weighted by atomic mass is 16.3. The molecule has 2 aliphatic carbocycles. The molecule has 0 saturated heterocycles. The average molecular weight is 261 g/mol. The van der Waals surface area contributed by atoms with Crippen LogP contribution in [0.1, 0.15) is 75.7 Å². The molecule has 2 atom stereocenters. The molecule has 1 unspecified atom stereocenters. The molecular weight excluding hydrogens is 234 g/mol. The summed E-state index contributed by atoms with van der Waals surface area (Å²) in [6, 6.07) is 3.34. The van der Waals surface area contributed by atoms with Crippen LogP contribution in [0.4, 0.5) is 0 Å². The molecule has 1 saturated carbocycles. The molecule has 0 bridgehead atoms. The second kappa shape index (κ2) is 6.13. The molecule has 1 aromatic rings. The maximum Gasteiger partial charge on any atom is 0.108 e. The van der Waals surface area contributed by atoms with Crippen LogP contribution in [0.25, 0.3) is 0 Å². The Balaban J connectivity index is 1.62. The number of rotatable bonds is 3. The first-order valence-corrected chi connectivity index (χ1v) is 8.17. The van der Waals surface area contributed by atoms with Gasteiger partial charge in [0.05, 0.1) is 6.26 Å². The van der Waals surface area contributed by atoms with Crippen LogP contribution in [-0.2, 0) is 6.42 Å². The summed E-state index contributed by atoms with van der Waals surface area (Å²) in [5, 5.41) is 3.90. The van der Waals surface area contributed by atoms with E-state index in [2.05, 4.69) is 18.3 Å². The van der Waals surface area contributed by atoms with Crippen molar-refractivity contribution < 1.29 is 4.42 Å².